The molecule has 1 aromatic carbocycles. The second-order valence-electron chi connectivity index (χ2n) is 23.2. The van der Waals surface area contributed by atoms with Crippen LogP contribution in [0.2, 0.25) is 0 Å². The van der Waals surface area contributed by atoms with E-state index >= 15 is 0 Å². The molecule has 0 spiro atoms. The van der Waals surface area contributed by atoms with E-state index in [1.807, 2.05) is 13.8 Å². The molecule has 1 aromatic rings. The quantitative estimate of drug-likeness (QED) is 0.200. The minimum absolute atomic E-state index is 0.00387. The third-order valence-electron chi connectivity index (χ3n) is 19.6. The van der Waals surface area contributed by atoms with Crippen molar-refractivity contribution in [2.45, 2.75) is 145 Å². The largest absolute Gasteiger partial charge is 0.481 e. The smallest absolute Gasteiger partial charge is 0.309 e. The van der Waals surface area contributed by atoms with E-state index < -0.39 is 28.8 Å². The number of ketones is 1. The zero-order valence-corrected chi connectivity index (χ0v) is 38.7. The highest BCUT2D eigenvalue weighted by atomic mass is 16.5. The number of benzene rings is 1. The number of rotatable bonds is 10. The van der Waals surface area contributed by atoms with E-state index in [4.69, 9.17) is 4.74 Å². The predicted molar refractivity (Wildman–Crippen MR) is 236 cm³/mol. The maximum absolute atomic E-state index is 14.2. The molecule has 332 valence electrons. The summed E-state index contributed by atoms with van der Waals surface area (Å²) in [5, 5.41) is 25.7. The molecule has 9 nitrogen and oxygen atoms in total. The highest BCUT2D eigenvalue weighted by Gasteiger charge is 2.71. The molecule has 1 aliphatic heterocycles. The lowest BCUT2D eigenvalue weighted by atomic mass is 9.33. The summed E-state index contributed by atoms with van der Waals surface area (Å²) in [7, 11) is 2.18. The van der Waals surface area contributed by atoms with Crippen LogP contribution in [0.5, 0.6) is 0 Å². The third-order valence-corrected chi connectivity index (χ3v) is 19.6. The molecule has 6 fully saturated rings. The Bertz CT molecular complexity index is 1880. The highest BCUT2D eigenvalue weighted by molar-refractivity contribution is 6.00. The first-order valence-corrected chi connectivity index (χ1v) is 23.7. The standard InChI is InChI=1S/C51H77N3O6/c1-31(2)42-37(55)28-51(40(56)30-52-29-32-11-13-33(14-12-32)54-25-23-53(10)24-26-54)22-21-49(8)34(43(42)51)15-16-39-48(7)19-18-41(47(5,6)38(48)17-20-50(39,49)9)60-45(59)36-27-35(44(57)58)46(36,3)4/h11-14,31,34-36,38-41,52,56H,15-30H2,1-10H3,(H,57,58)/t34-,35+,36-,38+,39-,40+,41+,48+,49-,50-,51+/m1/s1. The number of nitrogens with zero attached hydrogens (tertiary/aromatic N) is 2. The van der Waals surface area contributed by atoms with E-state index in [0.717, 1.165) is 83.1 Å². The van der Waals surface area contributed by atoms with Gasteiger partial charge in [0.25, 0.3) is 0 Å². The summed E-state index contributed by atoms with van der Waals surface area (Å²) in [6.07, 6.45) is 7.97. The van der Waals surface area contributed by atoms with Crippen LogP contribution in [0.3, 0.4) is 0 Å². The van der Waals surface area contributed by atoms with Crippen LogP contribution in [-0.4, -0.2) is 84.8 Å². The van der Waals surface area contributed by atoms with Crippen molar-refractivity contribution in [2.24, 2.45) is 68.0 Å². The maximum atomic E-state index is 14.2. The molecule has 1 saturated heterocycles. The van der Waals surface area contributed by atoms with Crippen molar-refractivity contribution in [1.29, 1.82) is 0 Å². The van der Waals surface area contributed by atoms with Gasteiger partial charge >= 0.3 is 11.9 Å². The molecule has 9 heteroatoms. The molecular weight excluding hydrogens is 751 g/mol. The minimum Gasteiger partial charge on any atom is -0.481 e. The molecule has 6 aliphatic carbocycles. The Hall–Kier alpha value is -2.75. The Morgan fingerprint density at radius 1 is 0.833 bits per heavy atom. The Morgan fingerprint density at radius 2 is 1.52 bits per heavy atom. The SMILES string of the molecule is CC(C)C1=C2[C@H]3CC[C@@H]4[C@@]5(C)CC[C@H](OC(=O)[C@H]6C[C@@H](C(=O)O)C6(C)C)C(C)(C)[C@@H]5CC[C@@]4(C)[C@]3(C)CC[C@@]2([C@@H](O)CNCc2ccc(N3CCN(C)CC3)cc2)CC1=O. The van der Waals surface area contributed by atoms with E-state index in [0.29, 0.717) is 37.8 Å². The lowest BCUT2D eigenvalue weighted by molar-refractivity contribution is -0.238. The fraction of sp³-hybridized carbons (Fsp3) is 0.784. The average molecular weight is 828 g/mol. The number of aliphatic hydroxyl groups is 1. The van der Waals surface area contributed by atoms with Crippen LogP contribution in [0.4, 0.5) is 5.69 Å². The van der Waals surface area contributed by atoms with Crippen molar-refractivity contribution >= 4 is 23.4 Å². The van der Waals surface area contributed by atoms with E-state index in [1.165, 1.54) is 16.8 Å². The normalized spacial score (nSPS) is 40.2. The van der Waals surface area contributed by atoms with Gasteiger partial charge in [-0.05, 0) is 133 Å². The fourth-order valence-electron chi connectivity index (χ4n) is 15.7. The van der Waals surface area contributed by atoms with Gasteiger partial charge in [-0.3, -0.25) is 14.4 Å². The summed E-state index contributed by atoms with van der Waals surface area (Å²) in [5.41, 5.74) is 3.61. The zero-order chi connectivity index (χ0) is 43.4. The minimum atomic E-state index is -0.825. The fourth-order valence-corrected chi connectivity index (χ4v) is 15.7. The molecule has 3 N–H and O–H groups in total. The number of carbonyl (C=O) groups is 3. The number of anilines is 1. The number of nitrogens with one attached hydrogen (secondary N) is 1. The van der Waals surface area contributed by atoms with Gasteiger partial charge in [0.1, 0.15) is 6.10 Å². The topological polar surface area (TPSA) is 119 Å². The van der Waals surface area contributed by atoms with Crippen molar-refractivity contribution in [2.75, 3.05) is 44.7 Å². The van der Waals surface area contributed by atoms with Gasteiger partial charge in [0.15, 0.2) is 5.78 Å². The lowest BCUT2D eigenvalue weighted by Gasteiger charge is -2.72. The van der Waals surface area contributed by atoms with Crippen LogP contribution in [0, 0.1) is 68.0 Å². The van der Waals surface area contributed by atoms with Gasteiger partial charge in [0.05, 0.1) is 17.9 Å². The number of piperazine rings is 1. The van der Waals surface area contributed by atoms with Crippen LogP contribution in [-0.2, 0) is 25.7 Å². The number of aliphatic hydroxyl groups excluding tert-OH is 1. The number of hydrogen-bond acceptors (Lipinski definition) is 8. The van der Waals surface area contributed by atoms with Gasteiger partial charge in [0, 0.05) is 62.2 Å². The molecule has 0 amide bonds. The number of allylic oxidation sites excluding steroid dienone is 1. The number of Topliss-reactive ketones (excluding diaryl/α,β-unsaturated/α-hetero) is 1. The Balaban J connectivity index is 0.984. The Labute approximate surface area is 360 Å². The Kier molecular flexibility index (Phi) is 11.1. The number of carboxylic acid groups (broad SMARTS) is 1. The van der Waals surface area contributed by atoms with Crippen LogP contribution in [0.25, 0.3) is 0 Å². The molecule has 5 saturated carbocycles. The average Bonchev–Trinajstić information content (AvgIpc) is 3.49. The van der Waals surface area contributed by atoms with Crippen LogP contribution in [0.1, 0.15) is 132 Å². The second-order valence-corrected chi connectivity index (χ2v) is 23.2. The molecule has 1 heterocycles. The number of carbonyl (C=O) groups excluding carboxylic acids is 2. The molecule has 0 unspecified atom stereocenters. The first-order chi connectivity index (χ1) is 28.1. The number of carboxylic acids is 1. The van der Waals surface area contributed by atoms with Crippen molar-refractivity contribution in [3.05, 3.63) is 41.0 Å². The number of fused-ring (bicyclic) bond motifs is 7. The lowest BCUT2D eigenvalue weighted by Crippen LogP contribution is -2.66. The van der Waals surface area contributed by atoms with E-state index in [2.05, 4.69) is 94.9 Å². The summed E-state index contributed by atoms with van der Waals surface area (Å²) in [4.78, 5) is 44.5. The van der Waals surface area contributed by atoms with Gasteiger partial charge in [0.2, 0.25) is 0 Å². The molecule has 8 rings (SSSR count). The van der Waals surface area contributed by atoms with Crippen LogP contribution < -0.4 is 10.2 Å². The molecule has 60 heavy (non-hydrogen) atoms. The number of aliphatic carboxylic acids is 1. The molecular formula is C51H77N3O6. The van der Waals surface area contributed by atoms with Crippen molar-refractivity contribution in [3.8, 4) is 0 Å². The summed E-state index contributed by atoms with van der Waals surface area (Å²) in [6.45, 7) is 25.9. The molecule has 11 atom stereocenters. The van der Waals surface area contributed by atoms with Gasteiger partial charge in [-0.2, -0.15) is 0 Å². The van der Waals surface area contributed by atoms with Crippen molar-refractivity contribution in [3.63, 3.8) is 0 Å². The summed E-state index contributed by atoms with van der Waals surface area (Å²) < 4.78 is 6.44. The zero-order valence-electron chi connectivity index (χ0n) is 38.7. The number of esters is 1. The Morgan fingerprint density at radius 3 is 2.15 bits per heavy atom. The van der Waals surface area contributed by atoms with Gasteiger partial charge in [-0.1, -0.05) is 80.0 Å². The van der Waals surface area contributed by atoms with Crippen LogP contribution in [0.15, 0.2) is 35.4 Å². The number of hydrogen-bond donors (Lipinski definition) is 3. The van der Waals surface area contributed by atoms with Gasteiger partial charge < -0.3 is 30.1 Å². The highest BCUT2D eigenvalue weighted by Crippen LogP contribution is 2.77. The predicted octanol–water partition coefficient (Wildman–Crippen LogP) is 8.53. The van der Waals surface area contributed by atoms with Crippen LogP contribution >= 0.6 is 0 Å². The molecule has 0 radical (unpaired) electrons. The first kappa shape index (κ1) is 43.9. The van der Waals surface area contributed by atoms with E-state index in [9.17, 15) is 24.6 Å². The summed E-state index contributed by atoms with van der Waals surface area (Å²) in [6, 6.07) is 8.88. The van der Waals surface area contributed by atoms with Gasteiger partial charge in [-0.25, -0.2) is 0 Å². The van der Waals surface area contributed by atoms with Crippen molar-refractivity contribution < 1.29 is 29.3 Å². The molecule has 7 aliphatic rings. The molecule has 0 aromatic heterocycles. The number of ether oxygens (including phenoxy) is 1. The maximum Gasteiger partial charge on any atom is 0.309 e. The third kappa shape index (κ3) is 6.58. The monoisotopic (exact) mass is 828 g/mol. The molecule has 0 bridgehead atoms. The van der Waals surface area contributed by atoms with Crippen molar-refractivity contribution in [1.82, 2.24) is 10.2 Å². The number of likely N-dealkylation sites (N-methyl/N-ethyl adjacent to an activating group) is 1. The first-order valence-electron chi connectivity index (χ1n) is 23.7. The summed E-state index contributed by atoms with van der Waals surface area (Å²) >= 11 is 0. The van der Waals surface area contributed by atoms with Gasteiger partial charge in [-0.15, -0.1) is 0 Å². The summed E-state index contributed by atoms with van der Waals surface area (Å²) in [5.74, 6) is -0.390. The van der Waals surface area contributed by atoms with E-state index in [1.54, 1.807) is 0 Å². The second kappa shape index (κ2) is 15.2. The van der Waals surface area contributed by atoms with E-state index in [-0.39, 0.29) is 57.3 Å².